The molecule has 1 aliphatic carbocycles. The first-order chi connectivity index (χ1) is 13.7. The van der Waals surface area contributed by atoms with Gasteiger partial charge in [0.25, 0.3) is 0 Å². The number of fused-ring (bicyclic) bond motifs is 3. The fraction of sp³-hybridized carbons (Fsp3) is 0.435. The van der Waals surface area contributed by atoms with Gasteiger partial charge in [0.1, 0.15) is 5.75 Å². The highest BCUT2D eigenvalue weighted by molar-refractivity contribution is 5.83. The summed E-state index contributed by atoms with van der Waals surface area (Å²) in [5.74, 6) is 1.59. The normalized spacial score (nSPS) is 25.6. The van der Waals surface area contributed by atoms with Crippen LogP contribution in [0.3, 0.4) is 0 Å². The Bertz CT molecular complexity index is 908. The number of benzene rings is 2. The first-order valence-corrected chi connectivity index (χ1v) is 10.2. The molecule has 1 saturated heterocycles. The Morgan fingerprint density at radius 2 is 2.04 bits per heavy atom. The van der Waals surface area contributed by atoms with E-state index < -0.39 is 0 Å². The average Bonchev–Trinajstić information content (AvgIpc) is 3.50. The Balaban J connectivity index is 1.59. The number of nitrogens with one attached hydrogen (secondary N) is 1. The van der Waals surface area contributed by atoms with E-state index in [9.17, 15) is 9.90 Å². The average molecular weight is 378 g/mol. The number of aliphatic hydroxyl groups is 1. The summed E-state index contributed by atoms with van der Waals surface area (Å²) >= 11 is 0. The molecule has 2 aromatic rings. The maximum atomic E-state index is 12.9. The van der Waals surface area contributed by atoms with Crippen LogP contribution in [0.25, 0.3) is 11.1 Å². The highest BCUT2D eigenvalue weighted by atomic mass is 16.5. The van der Waals surface area contributed by atoms with Crippen LogP contribution in [-0.4, -0.2) is 42.2 Å². The van der Waals surface area contributed by atoms with E-state index in [0.29, 0.717) is 5.91 Å². The van der Waals surface area contributed by atoms with E-state index >= 15 is 0 Å². The number of para-hydroxylation sites is 1. The van der Waals surface area contributed by atoms with Gasteiger partial charge in [-0.25, -0.2) is 0 Å². The summed E-state index contributed by atoms with van der Waals surface area (Å²) in [6, 6.07) is 14.4. The largest absolute Gasteiger partial charge is 0.496 e. The number of carbonyl (C=O) groups excluding carboxylic acids is 1. The lowest BCUT2D eigenvalue weighted by Crippen LogP contribution is -2.43. The van der Waals surface area contributed by atoms with E-state index in [2.05, 4.69) is 34.5 Å². The van der Waals surface area contributed by atoms with Crippen molar-refractivity contribution in [1.29, 1.82) is 0 Å². The zero-order valence-corrected chi connectivity index (χ0v) is 16.1. The Morgan fingerprint density at radius 3 is 2.79 bits per heavy atom. The van der Waals surface area contributed by atoms with Gasteiger partial charge in [0.05, 0.1) is 25.8 Å². The number of ether oxygens (including phenoxy) is 1. The standard InChI is InChI=1S/C23H26N2O3/c1-28-21-5-3-2-4-16(21)15-8-9-19-18(12-15)22-17(20(13-26)24-19)10-11-25(22)23(27)14-6-7-14/h2-5,8-9,12,14,17,20,22,24,26H,6-7,10-11,13H2,1H3/t17-,20-,22-/m0/s1. The van der Waals surface area contributed by atoms with E-state index in [1.54, 1.807) is 7.11 Å². The fourth-order valence-electron chi connectivity index (χ4n) is 4.93. The molecule has 2 aliphatic heterocycles. The summed E-state index contributed by atoms with van der Waals surface area (Å²) in [5, 5.41) is 13.4. The van der Waals surface area contributed by atoms with Gasteiger partial charge in [0, 0.05) is 29.6 Å². The molecule has 0 aromatic heterocycles. The molecule has 1 saturated carbocycles. The predicted molar refractivity (Wildman–Crippen MR) is 108 cm³/mol. The van der Waals surface area contributed by atoms with E-state index in [1.807, 2.05) is 18.2 Å². The van der Waals surface area contributed by atoms with Gasteiger partial charge < -0.3 is 20.1 Å². The minimum atomic E-state index is -0.00776. The van der Waals surface area contributed by atoms with Gasteiger partial charge >= 0.3 is 0 Å². The molecule has 1 amide bonds. The molecule has 2 fully saturated rings. The molecule has 2 N–H and O–H groups in total. The molecule has 3 aliphatic rings. The van der Waals surface area contributed by atoms with E-state index in [1.165, 1.54) is 0 Å². The van der Waals surface area contributed by atoms with Gasteiger partial charge in [-0.2, -0.15) is 0 Å². The minimum absolute atomic E-state index is 0.00776. The predicted octanol–water partition coefficient (Wildman–Crippen LogP) is 3.45. The molecule has 2 heterocycles. The second-order valence-corrected chi connectivity index (χ2v) is 8.14. The van der Waals surface area contributed by atoms with Gasteiger partial charge in [-0.05, 0) is 48.6 Å². The number of hydrogen-bond acceptors (Lipinski definition) is 4. The van der Waals surface area contributed by atoms with Crippen molar-refractivity contribution in [3.8, 4) is 16.9 Å². The van der Waals surface area contributed by atoms with Crippen LogP contribution in [0.5, 0.6) is 5.75 Å². The van der Waals surface area contributed by atoms with Crippen molar-refractivity contribution >= 4 is 11.6 Å². The maximum absolute atomic E-state index is 12.9. The lowest BCUT2D eigenvalue weighted by atomic mass is 9.82. The zero-order valence-electron chi connectivity index (χ0n) is 16.1. The molecule has 5 nitrogen and oxygen atoms in total. The zero-order chi connectivity index (χ0) is 19.3. The number of amides is 1. The van der Waals surface area contributed by atoms with Crippen LogP contribution in [-0.2, 0) is 4.79 Å². The number of methoxy groups -OCH3 is 1. The highest BCUT2D eigenvalue weighted by Gasteiger charge is 2.48. The number of carbonyl (C=O) groups is 1. The lowest BCUT2D eigenvalue weighted by molar-refractivity contribution is -0.134. The van der Waals surface area contributed by atoms with Gasteiger partial charge in [-0.15, -0.1) is 0 Å². The third-order valence-corrected chi connectivity index (χ3v) is 6.50. The van der Waals surface area contributed by atoms with Gasteiger partial charge in [-0.3, -0.25) is 4.79 Å². The second kappa shape index (κ2) is 6.82. The molecule has 0 unspecified atom stereocenters. The lowest BCUT2D eigenvalue weighted by Gasteiger charge is -2.39. The van der Waals surface area contributed by atoms with Crippen molar-refractivity contribution in [2.75, 3.05) is 25.6 Å². The highest BCUT2D eigenvalue weighted by Crippen LogP contribution is 2.49. The van der Waals surface area contributed by atoms with Crippen LogP contribution in [0.4, 0.5) is 5.69 Å². The molecule has 146 valence electrons. The van der Waals surface area contributed by atoms with Crippen LogP contribution in [0.2, 0.25) is 0 Å². The molecule has 0 spiro atoms. The van der Waals surface area contributed by atoms with Crippen LogP contribution < -0.4 is 10.1 Å². The molecular formula is C23H26N2O3. The number of likely N-dealkylation sites (tertiary alicyclic amines) is 1. The van der Waals surface area contributed by atoms with Crippen molar-refractivity contribution in [2.45, 2.75) is 31.3 Å². The second-order valence-electron chi connectivity index (χ2n) is 8.14. The summed E-state index contributed by atoms with van der Waals surface area (Å²) in [6.45, 7) is 0.863. The molecule has 5 heteroatoms. The Kier molecular flexibility index (Phi) is 4.27. The summed E-state index contributed by atoms with van der Waals surface area (Å²) in [7, 11) is 1.69. The number of hydrogen-bond donors (Lipinski definition) is 2. The summed E-state index contributed by atoms with van der Waals surface area (Å²) in [5.41, 5.74) is 4.32. The van der Waals surface area contributed by atoms with E-state index in [-0.39, 0.29) is 30.5 Å². The molecule has 2 aromatic carbocycles. The maximum Gasteiger partial charge on any atom is 0.226 e. The fourth-order valence-corrected chi connectivity index (χ4v) is 4.93. The van der Waals surface area contributed by atoms with Crippen molar-refractivity contribution in [2.24, 2.45) is 11.8 Å². The number of rotatable bonds is 4. The topological polar surface area (TPSA) is 61.8 Å². The van der Waals surface area contributed by atoms with Crippen LogP contribution in [0.15, 0.2) is 42.5 Å². The third-order valence-electron chi connectivity index (χ3n) is 6.50. The molecule has 0 radical (unpaired) electrons. The molecule has 28 heavy (non-hydrogen) atoms. The van der Waals surface area contributed by atoms with Gasteiger partial charge in [0.2, 0.25) is 5.91 Å². The van der Waals surface area contributed by atoms with Crippen molar-refractivity contribution < 1.29 is 14.6 Å². The Labute approximate surface area is 165 Å². The van der Waals surface area contributed by atoms with E-state index in [4.69, 9.17) is 4.74 Å². The number of anilines is 1. The Hall–Kier alpha value is -2.53. The van der Waals surface area contributed by atoms with Crippen LogP contribution >= 0.6 is 0 Å². The monoisotopic (exact) mass is 378 g/mol. The molecule has 5 rings (SSSR count). The number of aliphatic hydroxyl groups excluding tert-OH is 1. The van der Waals surface area contributed by atoms with Crippen molar-refractivity contribution in [1.82, 2.24) is 4.90 Å². The smallest absolute Gasteiger partial charge is 0.226 e. The van der Waals surface area contributed by atoms with Gasteiger partial charge in [0.15, 0.2) is 0 Å². The molecular weight excluding hydrogens is 352 g/mol. The summed E-state index contributed by atoms with van der Waals surface area (Å²) in [6.07, 6.45) is 2.96. The molecule has 0 bridgehead atoms. The molecule has 3 atom stereocenters. The van der Waals surface area contributed by atoms with Crippen molar-refractivity contribution in [3.63, 3.8) is 0 Å². The van der Waals surface area contributed by atoms with Gasteiger partial charge in [-0.1, -0.05) is 24.3 Å². The SMILES string of the molecule is COc1ccccc1-c1ccc2c(c1)[C@@H]1[C@@H](CCN1C(=O)C1CC1)[C@H](CO)N2. The number of nitrogens with zero attached hydrogens (tertiary/aromatic N) is 1. The third kappa shape index (κ3) is 2.76. The quantitative estimate of drug-likeness (QED) is 0.856. The Morgan fingerprint density at radius 1 is 1.21 bits per heavy atom. The first kappa shape index (κ1) is 17.6. The van der Waals surface area contributed by atoms with Crippen molar-refractivity contribution in [3.05, 3.63) is 48.0 Å². The first-order valence-electron chi connectivity index (χ1n) is 10.2. The van der Waals surface area contributed by atoms with Crippen LogP contribution in [0, 0.1) is 11.8 Å². The van der Waals surface area contributed by atoms with Crippen LogP contribution in [0.1, 0.15) is 30.9 Å². The summed E-state index contributed by atoms with van der Waals surface area (Å²) in [4.78, 5) is 15.0. The van der Waals surface area contributed by atoms with E-state index in [0.717, 1.165) is 53.9 Å². The summed E-state index contributed by atoms with van der Waals surface area (Å²) < 4.78 is 5.55. The minimum Gasteiger partial charge on any atom is -0.496 e.